The first-order valence-corrected chi connectivity index (χ1v) is 19.2. The Balaban J connectivity index is 0.991. The van der Waals surface area contributed by atoms with Crippen LogP contribution >= 0.6 is 0 Å². The molecular weight excluding hydrogens is 701 g/mol. The van der Waals surface area contributed by atoms with Crippen LogP contribution in [0.4, 0.5) is 9.59 Å². The molecule has 1 unspecified atom stereocenters. The number of fused-ring (bicyclic) bond motifs is 5. The number of piperidine rings is 1. The van der Waals surface area contributed by atoms with Gasteiger partial charge < -0.3 is 39.9 Å². The predicted molar refractivity (Wildman–Crippen MR) is 203 cm³/mol. The number of nitrogens with one attached hydrogen (secondary N) is 4. The largest absolute Gasteiger partial charge is 0.453 e. The van der Waals surface area contributed by atoms with Gasteiger partial charge in [0.2, 0.25) is 11.8 Å². The molecule has 4 aromatic rings. The van der Waals surface area contributed by atoms with E-state index < -0.39 is 29.8 Å². The van der Waals surface area contributed by atoms with E-state index in [1.165, 1.54) is 36.5 Å². The van der Waals surface area contributed by atoms with Gasteiger partial charge in [0.25, 0.3) is 0 Å². The third kappa shape index (κ3) is 6.30. The number of aryl methyl sites for hydroxylation is 2. The minimum atomic E-state index is -0.717. The van der Waals surface area contributed by atoms with Gasteiger partial charge in [-0.05, 0) is 117 Å². The topological polar surface area (TPSA) is 175 Å². The molecule has 2 aliphatic carbocycles. The van der Waals surface area contributed by atoms with E-state index in [0.717, 1.165) is 79.1 Å². The fraction of sp³-hybridized carbons (Fsp3) is 0.463. The lowest BCUT2D eigenvalue weighted by atomic mass is 9.83. The molecule has 2 saturated heterocycles. The SMILES string of the molecule is COC(=O)N[C@@H](C)C(=O)N1CCC[C@H]1c1ncc(-c2ccc3c(c2)CCc2cc(-c4cnc(C5(C)[C@H]6CC[C@H](C6)N5C(=O)[C@H](C)NC(=O)OC)[nH]4)ccc2-3)[nH]1. The Morgan fingerprint density at radius 1 is 0.818 bits per heavy atom. The second-order valence-corrected chi connectivity index (χ2v) is 15.5. The van der Waals surface area contributed by atoms with Crippen LogP contribution in [0.25, 0.3) is 33.6 Å². The van der Waals surface area contributed by atoms with Gasteiger partial charge in [-0.25, -0.2) is 19.6 Å². The Morgan fingerprint density at radius 2 is 1.42 bits per heavy atom. The minimum Gasteiger partial charge on any atom is -0.453 e. The maximum atomic E-state index is 13.7. The molecule has 0 spiro atoms. The number of nitrogens with zero attached hydrogens (tertiary/aromatic N) is 4. The van der Waals surface area contributed by atoms with Gasteiger partial charge in [0.1, 0.15) is 29.3 Å². The molecule has 288 valence electrons. The minimum absolute atomic E-state index is 0.109. The molecular formula is C41H48N8O6. The number of methoxy groups -OCH3 is 2. The highest BCUT2D eigenvalue weighted by atomic mass is 16.5. The maximum Gasteiger partial charge on any atom is 0.407 e. The Bertz CT molecular complexity index is 2160. The number of amides is 4. The van der Waals surface area contributed by atoms with Crippen molar-refractivity contribution >= 4 is 24.0 Å². The number of benzene rings is 2. The quantitative estimate of drug-likeness (QED) is 0.180. The Kier molecular flexibility index (Phi) is 9.38. The standard InChI is InChI=1S/C41H48N8O6/c1-22(44-39(52)54-4)36(50)48-16-6-7-34(48)35-42-20-32(46-35)26-10-14-30-24(17-26)8-9-25-18-27(11-15-31(25)30)33-21-43-38(47-33)41(3)28-12-13-29(19-28)49(41)37(51)23(2)45-40(53)55-5/h10-11,14-15,17-18,20-23,28-29,34H,6-9,12-13,16,19H2,1-5H3,(H,42,46)(H,43,47)(H,44,52)(H,45,53)/t22-,23-,28-,29+,34-,41?/m0/s1. The number of alkyl carbamates (subject to hydrolysis) is 2. The van der Waals surface area contributed by atoms with Crippen molar-refractivity contribution in [3.8, 4) is 33.6 Å². The van der Waals surface area contributed by atoms with Gasteiger partial charge in [0.15, 0.2) is 0 Å². The summed E-state index contributed by atoms with van der Waals surface area (Å²) < 4.78 is 9.41. The summed E-state index contributed by atoms with van der Waals surface area (Å²) >= 11 is 0. The van der Waals surface area contributed by atoms with Crippen LogP contribution in [0, 0.1) is 5.92 Å². The van der Waals surface area contributed by atoms with Crippen molar-refractivity contribution in [1.29, 1.82) is 0 Å². The molecule has 2 aromatic heterocycles. The third-order valence-corrected chi connectivity index (χ3v) is 12.4. The van der Waals surface area contributed by atoms with Gasteiger partial charge in [-0.2, -0.15) is 0 Å². The van der Waals surface area contributed by atoms with Crippen LogP contribution in [0.15, 0.2) is 48.8 Å². The number of H-pyrrole nitrogens is 2. The number of hydrogen-bond donors (Lipinski definition) is 4. The molecule has 4 heterocycles. The van der Waals surface area contributed by atoms with E-state index in [2.05, 4.69) is 68.7 Å². The fourth-order valence-corrected chi connectivity index (χ4v) is 9.47. The van der Waals surface area contributed by atoms with Crippen LogP contribution in [0.2, 0.25) is 0 Å². The van der Waals surface area contributed by atoms with Gasteiger partial charge in [0, 0.05) is 12.6 Å². The van der Waals surface area contributed by atoms with Gasteiger partial charge >= 0.3 is 12.2 Å². The average Bonchev–Trinajstić information content (AvgIpc) is 4.05. The monoisotopic (exact) mass is 748 g/mol. The normalized spacial score (nSPS) is 23.5. The molecule has 14 nitrogen and oxygen atoms in total. The summed E-state index contributed by atoms with van der Waals surface area (Å²) in [6.07, 6.45) is 8.77. The number of ether oxygens (including phenoxy) is 2. The van der Waals surface area contributed by atoms with Crippen molar-refractivity contribution in [2.75, 3.05) is 20.8 Å². The van der Waals surface area contributed by atoms with E-state index in [-0.39, 0.29) is 29.8 Å². The number of rotatable bonds is 8. The highest BCUT2D eigenvalue weighted by Crippen LogP contribution is 2.54. The number of carbonyl (C=O) groups is 4. The lowest BCUT2D eigenvalue weighted by Crippen LogP contribution is -2.57. The maximum absolute atomic E-state index is 13.7. The molecule has 2 aliphatic heterocycles. The van der Waals surface area contributed by atoms with Gasteiger partial charge in [0.05, 0.1) is 44.0 Å². The summed E-state index contributed by atoms with van der Waals surface area (Å²) in [6, 6.07) is 11.6. The highest BCUT2D eigenvalue weighted by Gasteiger charge is 2.58. The lowest BCUT2D eigenvalue weighted by molar-refractivity contribution is -0.142. The van der Waals surface area contributed by atoms with Crippen molar-refractivity contribution < 1.29 is 28.7 Å². The molecule has 4 amide bonds. The highest BCUT2D eigenvalue weighted by molar-refractivity contribution is 5.87. The molecule has 3 fully saturated rings. The zero-order valence-electron chi connectivity index (χ0n) is 31.9. The molecule has 0 radical (unpaired) electrons. The van der Waals surface area contributed by atoms with Crippen LogP contribution in [0.3, 0.4) is 0 Å². The van der Waals surface area contributed by atoms with Crippen molar-refractivity contribution in [1.82, 2.24) is 40.4 Å². The first kappa shape index (κ1) is 36.3. The number of likely N-dealkylation sites (tertiary alicyclic amines) is 2. The summed E-state index contributed by atoms with van der Waals surface area (Å²) in [4.78, 5) is 70.9. The second kappa shape index (κ2) is 14.2. The molecule has 14 heteroatoms. The molecule has 6 atom stereocenters. The smallest absolute Gasteiger partial charge is 0.407 e. The van der Waals surface area contributed by atoms with Crippen LogP contribution < -0.4 is 10.6 Å². The lowest BCUT2D eigenvalue weighted by Gasteiger charge is -2.44. The van der Waals surface area contributed by atoms with E-state index in [0.29, 0.717) is 6.54 Å². The second-order valence-electron chi connectivity index (χ2n) is 15.5. The number of aromatic amines is 2. The molecule has 55 heavy (non-hydrogen) atoms. The average molecular weight is 749 g/mol. The Morgan fingerprint density at radius 3 is 2.05 bits per heavy atom. The zero-order valence-corrected chi connectivity index (χ0v) is 31.9. The van der Waals surface area contributed by atoms with E-state index in [9.17, 15) is 19.2 Å². The van der Waals surface area contributed by atoms with Gasteiger partial charge in [-0.15, -0.1) is 0 Å². The molecule has 2 bridgehead atoms. The number of aromatic nitrogens is 4. The summed E-state index contributed by atoms with van der Waals surface area (Å²) in [7, 11) is 2.57. The van der Waals surface area contributed by atoms with E-state index in [1.807, 2.05) is 17.3 Å². The molecule has 4 N–H and O–H groups in total. The summed E-state index contributed by atoms with van der Waals surface area (Å²) in [5, 5.41) is 5.22. The third-order valence-electron chi connectivity index (χ3n) is 12.4. The van der Waals surface area contributed by atoms with E-state index in [4.69, 9.17) is 14.7 Å². The molecule has 8 rings (SSSR count). The number of carbonyl (C=O) groups excluding carboxylic acids is 4. The van der Waals surface area contributed by atoms with Gasteiger partial charge in [-0.1, -0.05) is 24.3 Å². The predicted octanol–water partition coefficient (Wildman–Crippen LogP) is 5.61. The number of hydrogen-bond acceptors (Lipinski definition) is 8. The van der Waals surface area contributed by atoms with Crippen LogP contribution in [-0.2, 0) is 37.4 Å². The van der Waals surface area contributed by atoms with Crippen molar-refractivity contribution in [3.63, 3.8) is 0 Å². The fourth-order valence-electron chi connectivity index (χ4n) is 9.47. The summed E-state index contributed by atoms with van der Waals surface area (Å²) in [5.74, 6) is 1.49. The van der Waals surface area contributed by atoms with Crippen LogP contribution in [-0.4, -0.2) is 92.6 Å². The van der Waals surface area contributed by atoms with Crippen LogP contribution in [0.1, 0.15) is 81.7 Å². The zero-order chi connectivity index (χ0) is 38.6. The van der Waals surface area contributed by atoms with Gasteiger partial charge in [-0.3, -0.25) is 9.59 Å². The van der Waals surface area contributed by atoms with Crippen molar-refractivity contribution in [3.05, 3.63) is 71.6 Å². The Labute approximate surface area is 319 Å². The van der Waals surface area contributed by atoms with Crippen LogP contribution in [0.5, 0.6) is 0 Å². The molecule has 2 aromatic carbocycles. The Hall–Kier alpha value is -5.66. The summed E-state index contributed by atoms with van der Waals surface area (Å²) in [5.41, 5.74) is 8.23. The first-order chi connectivity index (χ1) is 26.5. The van der Waals surface area contributed by atoms with E-state index in [1.54, 1.807) is 18.7 Å². The first-order valence-electron chi connectivity index (χ1n) is 19.2. The summed E-state index contributed by atoms with van der Waals surface area (Å²) in [6.45, 7) is 6.06. The molecule has 4 aliphatic rings. The van der Waals surface area contributed by atoms with Crippen molar-refractivity contribution in [2.45, 2.75) is 95.4 Å². The van der Waals surface area contributed by atoms with Crippen molar-refractivity contribution in [2.24, 2.45) is 5.92 Å². The number of imidazole rings is 2. The molecule has 1 saturated carbocycles. The van der Waals surface area contributed by atoms with E-state index >= 15 is 0 Å².